The van der Waals surface area contributed by atoms with Gasteiger partial charge in [0.1, 0.15) is 30.3 Å². The van der Waals surface area contributed by atoms with Crippen molar-refractivity contribution < 1.29 is 13.6 Å². The molecule has 0 saturated carbocycles. The van der Waals surface area contributed by atoms with Crippen molar-refractivity contribution in [1.29, 1.82) is 0 Å². The van der Waals surface area contributed by atoms with E-state index in [2.05, 4.69) is 15.4 Å². The van der Waals surface area contributed by atoms with Gasteiger partial charge >= 0.3 is 5.69 Å². The van der Waals surface area contributed by atoms with Gasteiger partial charge in [0.05, 0.1) is 17.3 Å². The predicted molar refractivity (Wildman–Crippen MR) is 93.5 cm³/mol. The van der Waals surface area contributed by atoms with Crippen LogP contribution in [0.3, 0.4) is 0 Å². The van der Waals surface area contributed by atoms with Crippen molar-refractivity contribution in [2.75, 3.05) is 0 Å². The van der Waals surface area contributed by atoms with Crippen molar-refractivity contribution in [3.63, 3.8) is 0 Å². The van der Waals surface area contributed by atoms with Gasteiger partial charge in [0.25, 0.3) is 0 Å². The van der Waals surface area contributed by atoms with Crippen LogP contribution in [-0.4, -0.2) is 25.2 Å². The number of nitrogens with zero attached hydrogens (tertiary/aromatic N) is 4. The summed E-state index contributed by atoms with van der Waals surface area (Å²) in [5.41, 5.74) is -0.0758. The molecule has 7 nitrogen and oxygen atoms in total. The number of carbonyl (C=O) groups is 1. The number of pyridine rings is 1. The van der Waals surface area contributed by atoms with Crippen LogP contribution in [-0.2, 0) is 11.3 Å². The Bertz CT molecular complexity index is 1030. The molecule has 0 aliphatic carbocycles. The summed E-state index contributed by atoms with van der Waals surface area (Å²) < 4.78 is 28.5. The molecular formula is C17H14ClF2N5O2. The molecule has 1 N–H and O–H groups in total. The Hall–Kier alpha value is -3.07. The maximum atomic E-state index is 13.5. The summed E-state index contributed by atoms with van der Waals surface area (Å²) >= 11 is 5.64. The number of carbonyl (C=O) groups excluding carboxylic acids is 1. The van der Waals surface area contributed by atoms with Crippen molar-refractivity contribution >= 4 is 17.5 Å². The summed E-state index contributed by atoms with van der Waals surface area (Å²) in [6.45, 7) is 1.33. The number of halogens is 3. The lowest BCUT2D eigenvalue weighted by molar-refractivity contribution is -0.122. The maximum absolute atomic E-state index is 13.5. The topological polar surface area (TPSA) is 81.8 Å². The van der Waals surface area contributed by atoms with E-state index in [9.17, 15) is 18.4 Å². The molecule has 10 heteroatoms. The molecular weight excluding hydrogens is 380 g/mol. The van der Waals surface area contributed by atoms with E-state index in [0.29, 0.717) is 5.56 Å². The van der Waals surface area contributed by atoms with Gasteiger partial charge in [-0.1, -0.05) is 17.7 Å². The van der Waals surface area contributed by atoms with Crippen LogP contribution in [0.5, 0.6) is 0 Å². The standard InChI is InChI=1S/C17H14ClF2N5O2/c1-10(11-2-4-13(18)14(20)6-11)23-16(26)8-25-17(27)24(9-22-25)15-5-3-12(19)7-21-15/h2-7,9-10H,8H2,1H3,(H,23,26)/t10-/m0/s1. The monoisotopic (exact) mass is 393 g/mol. The van der Waals surface area contributed by atoms with E-state index in [0.717, 1.165) is 21.5 Å². The van der Waals surface area contributed by atoms with Crippen LogP contribution in [0.25, 0.3) is 5.82 Å². The number of benzene rings is 1. The van der Waals surface area contributed by atoms with Crippen LogP contribution in [0.15, 0.2) is 47.7 Å². The predicted octanol–water partition coefficient (Wildman–Crippen LogP) is 2.24. The quantitative estimate of drug-likeness (QED) is 0.720. The molecule has 2 heterocycles. The van der Waals surface area contributed by atoms with Gasteiger partial charge in [-0.2, -0.15) is 5.10 Å². The van der Waals surface area contributed by atoms with Crippen molar-refractivity contribution in [1.82, 2.24) is 24.6 Å². The van der Waals surface area contributed by atoms with E-state index in [-0.39, 0.29) is 17.4 Å². The van der Waals surface area contributed by atoms with E-state index in [1.807, 2.05) is 0 Å². The second kappa shape index (κ2) is 7.67. The Labute approximate surface area is 157 Å². The first-order valence-electron chi connectivity index (χ1n) is 7.86. The minimum absolute atomic E-state index is 0.0104. The molecule has 1 atom stereocenters. The molecule has 0 fully saturated rings. The second-order valence-electron chi connectivity index (χ2n) is 5.74. The zero-order valence-corrected chi connectivity index (χ0v) is 14.8. The highest BCUT2D eigenvalue weighted by Crippen LogP contribution is 2.20. The molecule has 3 aromatic rings. The normalized spacial score (nSPS) is 12.0. The fraction of sp³-hybridized carbons (Fsp3) is 0.176. The zero-order valence-electron chi connectivity index (χ0n) is 14.1. The molecule has 0 aliphatic rings. The van der Waals surface area contributed by atoms with Gasteiger partial charge in [0.2, 0.25) is 5.91 Å². The first-order chi connectivity index (χ1) is 12.8. The van der Waals surface area contributed by atoms with Crippen LogP contribution in [0.1, 0.15) is 18.5 Å². The lowest BCUT2D eigenvalue weighted by atomic mass is 10.1. The van der Waals surface area contributed by atoms with Crippen molar-refractivity contribution in [3.8, 4) is 5.82 Å². The second-order valence-corrected chi connectivity index (χ2v) is 6.15. The third-order valence-corrected chi connectivity index (χ3v) is 4.11. The summed E-state index contributed by atoms with van der Waals surface area (Å²) in [5, 5.41) is 6.50. The summed E-state index contributed by atoms with van der Waals surface area (Å²) in [6, 6.07) is 6.20. The van der Waals surface area contributed by atoms with Gasteiger partial charge in [0.15, 0.2) is 0 Å². The van der Waals surface area contributed by atoms with Crippen LogP contribution >= 0.6 is 11.6 Å². The molecule has 3 rings (SSSR count). The maximum Gasteiger partial charge on any atom is 0.352 e. The first kappa shape index (κ1) is 18.7. The lowest BCUT2D eigenvalue weighted by Gasteiger charge is -2.14. The van der Waals surface area contributed by atoms with Crippen molar-refractivity contribution in [2.45, 2.75) is 19.5 Å². The van der Waals surface area contributed by atoms with E-state index in [4.69, 9.17) is 11.6 Å². The van der Waals surface area contributed by atoms with Gasteiger partial charge in [-0.15, -0.1) is 0 Å². The zero-order chi connectivity index (χ0) is 19.6. The molecule has 1 aromatic carbocycles. The van der Waals surface area contributed by atoms with Crippen molar-refractivity contribution in [3.05, 3.63) is 75.6 Å². The fourth-order valence-electron chi connectivity index (χ4n) is 2.40. The molecule has 27 heavy (non-hydrogen) atoms. The Balaban J connectivity index is 1.70. The average Bonchev–Trinajstić information content (AvgIpc) is 2.98. The minimum Gasteiger partial charge on any atom is -0.348 e. The third kappa shape index (κ3) is 4.20. The number of amides is 1. The molecule has 0 spiro atoms. The lowest BCUT2D eigenvalue weighted by Crippen LogP contribution is -2.34. The number of aromatic nitrogens is 4. The van der Waals surface area contributed by atoms with Gasteiger partial charge < -0.3 is 5.32 Å². The molecule has 2 aromatic heterocycles. The summed E-state index contributed by atoms with van der Waals surface area (Å²) in [7, 11) is 0. The van der Waals surface area contributed by atoms with E-state index < -0.39 is 29.3 Å². The SMILES string of the molecule is C[C@H](NC(=O)Cn1ncn(-c2ccc(F)cn2)c1=O)c1ccc(Cl)c(F)c1. The smallest absolute Gasteiger partial charge is 0.348 e. The third-order valence-electron chi connectivity index (χ3n) is 3.81. The highest BCUT2D eigenvalue weighted by atomic mass is 35.5. The van der Waals surface area contributed by atoms with E-state index in [1.54, 1.807) is 13.0 Å². The summed E-state index contributed by atoms with van der Waals surface area (Å²) in [6.07, 6.45) is 2.16. The van der Waals surface area contributed by atoms with Crippen LogP contribution < -0.4 is 11.0 Å². The number of rotatable bonds is 5. The van der Waals surface area contributed by atoms with Crippen molar-refractivity contribution in [2.24, 2.45) is 0 Å². The molecule has 140 valence electrons. The van der Waals surface area contributed by atoms with Crippen LogP contribution in [0.2, 0.25) is 5.02 Å². The van der Waals surface area contributed by atoms with Gasteiger partial charge in [0, 0.05) is 0 Å². The van der Waals surface area contributed by atoms with E-state index in [1.165, 1.54) is 24.5 Å². The molecule has 0 saturated heterocycles. The fourth-order valence-corrected chi connectivity index (χ4v) is 2.52. The number of hydrogen-bond acceptors (Lipinski definition) is 4. The van der Waals surface area contributed by atoms with Gasteiger partial charge in [-0.25, -0.2) is 27.8 Å². The Morgan fingerprint density at radius 1 is 1.30 bits per heavy atom. The van der Waals surface area contributed by atoms with E-state index >= 15 is 0 Å². The highest BCUT2D eigenvalue weighted by Gasteiger charge is 2.15. The molecule has 1 amide bonds. The van der Waals surface area contributed by atoms with Crippen LogP contribution in [0, 0.1) is 11.6 Å². The van der Waals surface area contributed by atoms with Crippen LogP contribution in [0.4, 0.5) is 8.78 Å². The molecule has 0 aliphatic heterocycles. The van der Waals surface area contributed by atoms with Gasteiger partial charge in [-0.3, -0.25) is 4.79 Å². The summed E-state index contributed by atoms with van der Waals surface area (Å²) in [4.78, 5) is 28.3. The molecule has 0 bridgehead atoms. The minimum atomic E-state index is -0.602. The Morgan fingerprint density at radius 3 is 2.74 bits per heavy atom. The largest absolute Gasteiger partial charge is 0.352 e. The Morgan fingerprint density at radius 2 is 2.07 bits per heavy atom. The summed E-state index contributed by atoms with van der Waals surface area (Å²) in [5.74, 6) is -1.43. The highest BCUT2D eigenvalue weighted by molar-refractivity contribution is 6.30. The average molecular weight is 394 g/mol. The molecule has 0 unspecified atom stereocenters. The van der Waals surface area contributed by atoms with Gasteiger partial charge in [-0.05, 0) is 36.8 Å². The number of hydrogen-bond donors (Lipinski definition) is 1. The Kier molecular flexibility index (Phi) is 5.31. The first-order valence-corrected chi connectivity index (χ1v) is 8.23. The molecule has 0 radical (unpaired) electrons. The number of nitrogens with one attached hydrogen (secondary N) is 1.